The largest absolute Gasteiger partial charge is 0.490 e. The van der Waals surface area contributed by atoms with E-state index in [4.69, 9.17) is 9.90 Å². The maximum Gasteiger partial charge on any atom is 0.490 e. The number of aliphatic carboxylic acids is 1. The molecule has 3 heterocycles. The van der Waals surface area contributed by atoms with Gasteiger partial charge in [0.05, 0.1) is 17.2 Å². The summed E-state index contributed by atoms with van der Waals surface area (Å²) < 4.78 is 44.7. The first-order valence-electron chi connectivity index (χ1n) is 9.57. The van der Waals surface area contributed by atoms with Gasteiger partial charge in [-0.05, 0) is 29.8 Å². The molecule has 174 valence electrons. The third-order valence-electron chi connectivity index (χ3n) is 4.53. The molecule has 0 unspecified atom stereocenters. The Hall–Kier alpha value is -3.54. The molecular formula is C21H18F4N4O3S. The zero-order valence-corrected chi connectivity index (χ0v) is 17.7. The fraction of sp³-hybridized carbons (Fsp3) is 0.238. The highest BCUT2D eigenvalue weighted by atomic mass is 32.1. The second-order valence-corrected chi connectivity index (χ2v) is 8.12. The van der Waals surface area contributed by atoms with Crippen molar-refractivity contribution in [1.29, 1.82) is 0 Å². The zero-order chi connectivity index (χ0) is 24.0. The maximum atomic E-state index is 13.0. The Morgan fingerprint density at radius 1 is 1.12 bits per heavy atom. The molecule has 0 bridgehead atoms. The molecule has 12 heteroatoms. The number of hydrogen-bond donors (Lipinski definition) is 2. The molecule has 7 nitrogen and oxygen atoms in total. The number of anilines is 1. The lowest BCUT2D eigenvalue weighted by molar-refractivity contribution is -0.192. The molecule has 2 aromatic heterocycles. The number of carbonyl (C=O) groups is 2. The molecular weight excluding hydrogens is 464 g/mol. The SMILES string of the molecule is O=C(NC1CN(c2ccncc2)C1)c1cnc(Cc2ccc(F)cc2)s1.O=C(O)C(F)(F)F. The quantitative estimate of drug-likeness (QED) is 0.541. The van der Waals surface area contributed by atoms with Gasteiger partial charge in [-0.1, -0.05) is 12.1 Å². The molecule has 0 spiro atoms. The van der Waals surface area contributed by atoms with E-state index in [9.17, 15) is 22.4 Å². The Labute approximate surface area is 189 Å². The van der Waals surface area contributed by atoms with Crippen molar-refractivity contribution in [2.75, 3.05) is 18.0 Å². The number of benzene rings is 1. The smallest absolute Gasteiger partial charge is 0.475 e. The minimum Gasteiger partial charge on any atom is -0.475 e. The Balaban J connectivity index is 0.000000383. The number of alkyl halides is 3. The number of hydrogen-bond acceptors (Lipinski definition) is 6. The first-order chi connectivity index (χ1) is 15.6. The van der Waals surface area contributed by atoms with Crippen LogP contribution in [0, 0.1) is 5.82 Å². The number of aromatic nitrogens is 2. The summed E-state index contributed by atoms with van der Waals surface area (Å²) in [5, 5.41) is 11.0. The molecule has 33 heavy (non-hydrogen) atoms. The van der Waals surface area contributed by atoms with Crippen molar-refractivity contribution in [3.05, 3.63) is 76.3 Å². The second kappa shape index (κ2) is 10.4. The van der Waals surface area contributed by atoms with Crippen molar-refractivity contribution in [1.82, 2.24) is 15.3 Å². The minimum absolute atomic E-state index is 0.0905. The van der Waals surface area contributed by atoms with Gasteiger partial charge in [0.2, 0.25) is 0 Å². The lowest BCUT2D eigenvalue weighted by Gasteiger charge is -2.41. The second-order valence-electron chi connectivity index (χ2n) is 7.01. The molecule has 1 amide bonds. The molecule has 1 aliphatic rings. The number of pyridine rings is 1. The Morgan fingerprint density at radius 3 is 2.30 bits per heavy atom. The van der Waals surface area contributed by atoms with Gasteiger partial charge in [0.1, 0.15) is 10.7 Å². The van der Waals surface area contributed by atoms with E-state index >= 15 is 0 Å². The van der Waals surface area contributed by atoms with E-state index in [1.54, 1.807) is 30.7 Å². The molecule has 0 aliphatic carbocycles. The molecule has 0 saturated carbocycles. The highest BCUT2D eigenvalue weighted by Crippen LogP contribution is 2.21. The predicted octanol–water partition coefficient (Wildman–Crippen LogP) is 3.52. The van der Waals surface area contributed by atoms with Crippen molar-refractivity contribution in [2.45, 2.75) is 18.6 Å². The Bertz CT molecular complexity index is 1080. The molecule has 1 aromatic carbocycles. The standard InChI is InChI=1S/C19H17FN4OS.C2HF3O2/c20-14-3-1-13(2-4-14)9-18-22-10-17(26-18)19(25)23-15-11-24(12-15)16-5-7-21-8-6-16;3-2(4,5)1(6)7/h1-8,10,15H,9,11-12H2,(H,23,25);(H,6,7). The van der Waals surface area contributed by atoms with Crippen LogP contribution >= 0.6 is 11.3 Å². The molecule has 1 aliphatic heterocycles. The van der Waals surface area contributed by atoms with Gasteiger partial charge in [0, 0.05) is 37.6 Å². The van der Waals surface area contributed by atoms with Crippen LogP contribution in [0.25, 0.3) is 0 Å². The summed E-state index contributed by atoms with van der Waals surface area (Å²) in [6.07, 6.45) is 0.651. The number of carboxylic acid groups (broad SMARTS) is 1. The summed E-state index contributed by atoms with van der Waals surface area (Å²) in [5.74, 6) is -3.10. The fourth-order valence-corrected chi connectivity index (χ4v) is 3.72. The average Bonchev–Trinajstić information content (AvgIpc) is 3.21. The van der Waals surface area contributed by atoms with Crippen LogP contribution in [0.5, 0.6) is 0 Å². The minimum atomic E-state index is -5.08. The van der Waals surface area contributed by atoms with E-state index in [1.807, 2.05) is 12.1 Å². The molecule has 1 saturated heterocycles. The van der Waals surface area contributed by atoms with E-state index in [1.165, 1.54) is 23.5 Å². The van der Waals surface area contributed by atoms with Gasteiger partial charge >= 0.3 is 12.1 Å². The monoisotopic (exact) mass is 482 g/mol. The normalized spacial score (nSPS) is 13.5. The van der Waals surface area contributed by atoms with Gasteiger partial charge in [-0.25, -0.2) is 14.2 Å². The zero-order valence-electron chi connectivity index (χ0n) is 16.9. The topological polar surface area (TPSA) is 95.4 Å². The van der Waals surface area contributed by atoms with Crippen LogP contribution in [0.4, 0.5) is 23.2 Å². The summed E-state index contributed by atoms with van der Waals surface area (Å²) in [6.45, 7) is 1.58. The van der Waals surface area contributed by atoms with Crippen molar-refractivity contribution in [3.63, 3.8) is 0 Å². The van der Waals surface area contributed by atoms with Crippen molar-refractivity contribution < 1.29 is 32.3 Å². The summed E-state index contributed by atoms with van der Waals surface area (Å²) >= 11 is 1.37. The van der Waals surface area contributed by atoms with Gasteiger partial charge < -0.3 is 15.3 Å². The van der Waals surface area contributed by atoms with Gasteiger partial charge in [0.15, 0.2) is 0 Å². The number of thiazole rings is 1. The summed E-state index contributed by atoms with van der Waals surface area (Å²) in [5.41, 5.74) is 2.09. The summed E-state index contributed by atoms with van der Waals surface area (Å²) in [7, 11) is 0. The van der Waals surface area contributed by atoms with E-state index in [0.29, 0.717) is 11.3 Å². The van der Waals surface area contributed by atoms with Crippen LogP contribution in [0.3, 0.4) is 0 Å². The third kappa shape index (κ3) is 6.97. The molecule has 0 radical (unpaired) electrons. The molecule has 1 fully saturated rings. The van der Waals surface area contributed by atoms with Crippen LogP contribution in [-0.2, 0) is 11.2 Å². The lowest BCUT2D eigenvalue weighted by Crippen LogP contribution is -2.59. The summed E-state index contributed by atoms with van der Waals surface area (Å²) in [6, 6.07) is 10.4. The first kappa shape index (κ1) is 24.1. The van der Waals surface area contributed by atoms with Gasteiger partial charge in [-0.15, -0.1) is 11.3 Å². The molecule has 2 N–H and O–H groups in total. The van der Waals surface area contributed by atoms with Crippen LogP contribution in [0.15, 0.2) is 55.0 Å². The van der Waals surface area contributed by atoms with E-state index in [-0.39, 0.29) is 17.8 Å². The molecule has 3 aromatic rings. The molecule has 0 atom stereocenters. The molecule has 4 rings (SSSR count). The van der Waals surface area contributed by atoms with Gasteiger partial charge in [-0.3, -0.25) is 9.78 Å². The highest BCUT2D eigenvalue weighted by Gasteiger charge is 2.38. The third-order valence-corrected chi connectivity index (χ3v) is 5.53. The van der Waals surface area contributed by atoms with Crippen LogP contribution < -0.4 is 10.2 Å². The van der Waals surface area contributed by atoms with E-state index in [2.05, 4.69) is 20.2 Å². The number of nitrogens with one attached hydrogen (secondary N) is 1. The lowest BCUT2D eigenvalue weighted by atomic mass is 10.1. The number of nitrogens with zero attached hydrogens (tertiary/aromatic N) is 3. The number of amides is 1. The highest BCUT2D eigenvalue weighted by molar-refractivity contribution is 7.13. The first-order valence-corrected chi connectivity index (χ1v) is 10.4. The number of carbonyl (C=O) groups excluding carboxylic acids is 1. The van der Waals surface area contributed by atoms with Crippen molar-refractivity contribution >= 4 is 28.9 Å². The van der Waals surface area contributed by atoms with Gasteiger partial charge in [0.25, 0.3) is 5.91 Å². The fourth-order valence-electron chi connectivity index (χ4n) is 2.87. The van der Waals surface area contributed by atoms with Crippen molar-refractivity contribution in [3.8, 4) is 0 Å². The van der Waals surface area contributed by atoms with Crippen molar-refractivity contribution in [2.24, 2.45) is 0 Å². The van der Waals surface area contributed by atoms with Gasteiger partial charge in [-0.2, -0.15) is 13.2 Å². The maximum absolute atomic E-state index is 13.0. The number of halogens is 4. The summed E-state index contributed by atoms with van der Waals surface area (Å²) in [4.78, 5) is 32.4. The predicted molar refractivity (Wildman–Crippen MR) is 113 cm³/mol. The number of carboxylic acids is 1. The van der Waals surface area contributed by atoms with Crippen LogP contribution in [-0.4, -0.2) is 52.3 Å². The average molecular weight is 482 g/mol. The van der Waals surface area contributed by atoms with E-state index < -0.39 is 12.1 Å². The number of rotatable bonds is 5. The Morgan fingerprint density at radius 2 is 1.73 bits per heavy atom. The van der Waals surface area contributed by atoms with Crippen LogP contribution in [0.2, 0.25) is 0 Å². The van der Waals surface area contributed by atoms with E-state index in [0.717, 1.165) is 29.3 Å². The Kier molecular flexibility index (Phi) is 7.59. The van der Waals surface area contributed by atoms with Crippen LogP contribution in [0.1, 0.15) is 20.2 Å².